The summed E-state index contributed by atoms with van der Waals surface area (Å²) in [4.78, 5) is 8.98. The van der Waals surface area contributed by atoms with Gasteiger partial charge in [0, 0.05) is 19.2 Å². The van der Waals surface area contributed by atoms with Crippen LogP contribution in [0.5, 0.6) is 0 Å². The number of rotatable bonds is 1. The predicted octanol–water partition coefficient (Wildman–Crippen LogP) is 0.980. The van der Waals surface area contributed by atoms with E-state index in [9.17, 15) is 13.2 Å². The lowest BCUT2D eigenvalue weighted by Gasteiger charge is -2.29. The van der Waals surface area contributed by atoms with Crippen LogP contribution in [0.25, 0.3) is 5.78 Å². The van der Waals surface area contributed by atoms with Gasteiger partial charge in [0.25, 0.3) is 5.78 Å². The molecule has 0 unspecified atom stereocenters. The van der Waals surface area contributed by atoms with Crippen molar-refractivity contribution in [2.24, 2.45) is 0 Å². The number of halogens is 3. The summed E-state index contributed by atoms with van der Waals surface area (Å²) in [5, 5.41) is 3.91. The molecule has 1 saturated heterocycles. The topological polar surface area (TPSA) is 55.6 Å². The van der Waals surface area contributed by atoms with Crippen molar-refractivity contribution in [3.05, 3.63) is 18.1 Å². The number of morpholine rings is 1. The first kappa shape index (κ1) is 12.2. The van der Waals surface area contributed by atoms with Crippen molar-refractivity contribution in [3.63, 3.8) is 0 Å². The number of alkyl halides is 3. The van der Waals surface area contributed by atoms with Crippen LogP contribution in [0.4, 0.5) is 19.0 Å². The summed E-state index contributed by atoms with van der Waals surface area (Å²) >= 11 is 0. The quantitative estimate of drug-likeness (QED) is 0.775. The van der Waals surface area contributed by atoms with E-state index in [4.69, 9.17) is 4.74 Å². The van der Waals surface area contributed by atoms with Gasteiger partial charge in [0.05, 0.1) is 13.2 Å². The average Bonchev–Trinajstić information content (AvgIpc) is 2.85. The average molecular weight is 273 g/mol. The molecule has 2 aromatic rings. The van der Waals surface area contributed by atoms with E-state index in [1.165, 1.54) is 10.8 Å². The molecule has 3 rings (SSSR count). The molecule has 0 spiro atoms. The standard InChI is InChI=1S/C10H10F3N5O/c11-10(12,13)7-5-8(17-1-3-19-4-2-17)18-9(16-7)14-6-15-18/h5-6H,1-4H2. The Morgan fingerprint density at radius 3 is 2.63 bits per heavy atom. The maximum atomic E-state index is 12.8. The molecule has 0 radical (unpaired) electrons. The zero-order valence-corrected chi connectivity index (χ0v) is 9.76. The first-order valence-corrected chi connectivity index (χ1v) is 5.66. The van der Waals surface area contributed by atoms with Crippen molar-refractivity contribution in [1.82, 2.24) is 19.6 Å². The monoisotopic (exact) mass is 273 g/mol. The molecule has 1 aliphatic rings. The van der Waals surface area contributed by atoms with Crippen molar-refractivity contribution < 1.29 is 17.9 Å². The lowest BCUT2D eigenvalue weighted by Crippen LogP contribution is -2.37. The van der Waals surface area contributed by atoms with Gasteiger partial charge in [-0.25, -0.2) is 4.98 Å². The minimum Gasteiger partial charge on any atom is -0.378 e. The molecule has 0 bridgehead atoms. The molecule has 1 fully saturated rings. The summed E-state index contributed by atoms with van der Waals surface area (Å²) < 4.78 is 44.9. The third-order valence-electron chi connectivity index (χ3n) is 2.86. The lowest BCUT2D eigenvalue weighted by molar-refractivity contribution is -0.141. The van der Waals surface area contributed by atoms with E-state index in [-0.39, 0.29) is 5.78 Å². The molecule has 0 N–H and O–H groups in total. The Labute approximate surface area is 105 Å². The number of fused-ring (bicyclic) bond motifs is 1. The van der Waals surface area contributed by atoms with Crippen LogP contribution < -0.4 is 4.90 Å². The number of aromatic nitrogens is 4. The first-order valence-electron chi connectivity index (χ1n) is 5.66. The van der Waals surface area contributed by atoms with Crippen LogP contribution in [0.3, 0.4) is 0 Å². The van der Waals surface area contributed by atoms with Crippen LogP contribution >= 0.6 is 0 Å². The Balaban J connectivity index is 2.12. The van der Waals surface area contributed by atoms with E-state index >= 15 is 0 Å². The molecular weight excluding hydrogens is 263 g/mol. The molecule has 3 heterocycles. The van der Waals surface area contributed by atoms with Gasteiger partial charge in [-0.15, -0.1) is 0 Å². The number of ether oxygens (including phenoxy) is 1. The van der Waals surface area contributed by atoms with Gasteiger partial charge in [-0.05, 0) is 0 Å². The fourth-order valence-corrected chi connectivity index (χ4v) is 1.96. The van der Waals surface area contributed by atoms with Gasteiger partial charge < -0.3 is 9.64 Å². The van der Waals surface area contributed by atoms with E-state index < -0.39 is 11.9 Å². The normalized spacial score (nSPS) is 17.1. The van der Waals surface area contributed by atoms with Crippen LogP contribution in [0.1, 0.15) is 5.69 Å². The smallest absolute Gasteiger partial charge is 0.378 e. The summed E-state index contributed by atoms with van der Waals surface area (Å²) in [6, 6.07) is 0.993. The fraction of sp³-hybridized carbons (Fsp3) is 0.500. The highest BCUT2D eigenvalue weighted by molar-refractivity contribution is 5.48. The Morgan fingerprint density at radius 1 is 1.21 bits per heavy atom. The Bertz CT molecular complexity index is 590. The second-order valence-electron chi connectivity index (χ2n) is 4.07. The van der Waals surface area contributed by atoms with E-state index in [1.807, 2.05) is 0 Å². The zero-order valence-electron chi connectivity index (χ0n) is 9.76. The van der Waals surface area contributed by atoms with E-state index in [0.717, 1.165) is 6.07 Å². The zero-order chi connectivity index (χ0) is 13.5. The number of hydrogen-bond donors (Lipinski definition) is 0. The van der Waals surface area contributed by atoms with Gasteiger partial charge >= 0.3 is 6.18 Å². The van der Waals surface area contributed by atoms with Gasteiger partial charge in [-0.1, -0.05) is 0 Å². The minimum absolute atomic E-state index is 0.0590. The molecule has 0 amide bonds. The number of nitrogens with zero attached hydrogens (tertiary/aromatic N) is 5. The van der Waals surface area contributed by atoms with E-state index in [0.29, 0.717) is 32.1 Å². The third kappa shape index (κ3) is 2.21. The van der Waals surface area contributed by atoms with Crippen LogP contribution in [0, 0.1) is 0 Å². The maximum Gasteiger partial charge on any atom is 0.433 e. The molecule has 6 nitrogen and oxygen atoms in total. The molecule has 2 aromatic heterocycles. The second kappa shape index (κ2) is 4.34. The maximum absolute atomic E-state index is 12.8. The highest BCUT2D eigenvalue weighted by Gasteiger charge is 2.34. The molecule has 1 aliphatic heterocycles. The van der Waals surface area contributed by atoms with Gasteiger partial charge in [0.2, 0.25) is 0 Å². The predicted molar refractivity (Wildman–Crippen MR) is 58.8 cm³/mol. The van der Waals surface area contributed by atoms with Crippen LogP contribution in [-0.2, 0) is 10.9 Å². The van der Waals surface area contributed by atoms with E-state index in [2.05, 4.69) is 15.1 Å². The summed E-state index contributed by atoms with van der Waals surface area (Å²) in [5.41, 5.74) is -0.963. The number of hydrogen-bond acceptors (Lipinski definition) is 5. The van der Waals surface area contributed by atoms with Gasteiger partial charge in [0.15, 0.2) is 5.69 Å². The molecule has 0 saturated carbocycles. The van der Waals surface area contributed by atoms with Crippen LogP contribution in [-0.4, -0.2) is 45.9 Å². The summed E-state index contributed by atoms with van der Waals surface area (Å²) in [6.45, 7) is 1.96. The second-order valence-corrected chi connectivity index (χ2v) is 4.07. The van der Waals surface area contributed by atoms with Crippen molar-refractivity contribution >= 4 is 11.6 Å². The third-order valence-corrected chi connectivity index (χ3v) is 2.86. The number of anilines is 1. The van der Waals surface area contributed by atoms with Crippen molar-refractivity contribution in [2.75, 3.05) is 31.2 Å². The van der Waals surface area contributed by atoms with Gasteiger partial charge in [-0.2, -0.15) is 27.8 Å². The molecule has 19 heavy (non-hydrogen) atoms. The summed E-state index contributed by atoms with van der Waals surface area (Å²) in [5.74, 6) is 0.273. The van der Waals surface area contributed by atoms with E-state index in [1.54, 1.807) is 4.90 Å². The molecular formula is C10H10F3N5O. The summed E-state index contributed by atoms with van der Waals surface area (Å²) in [6.07, 6.45) is -3.32. The molecule has 0 aliphatic carbocycles. The van der Waals surface area contributed by atoms with Crippen molar-refractivity contribution in [2.45, 2.75) is 6.18 Å². The summed E-state index contributed by atoms with van der Waals surface area (Å²) in [7, 11) is 0. The van der Waals surface area contributed by atoms with Crippen LogP contribution in [0.15, 0.2) is 12.4 Å². The largest absolute Gasteiger partial charge is 0.433 e. The first-order chi connectivity index (χ1) is 9.05. The fourth-order valence-electron chi connectivity index (χ4n) is 1.96. The SMILES string of the molecule is FC(F)(F)c1cc(N2CCOCC2)n2ncnc2n1. The molecule has 0 aromatic carbocycles. The Morgan fingerprint density at radius 2 is 1.95 bits per heavy atom. The Kier molecular flexibility index (Phi) is 2.77. The lowest BCUT2D eigenvalue weighted by atomic mass is 10.3. The molecule has 0 atom stereocenters. The van der Waals surface area contributed by atoms with Gasteiger partial charge in [0.1, 0.15) is 12.1 Å². The Hall–Kier alpha value is -1.90. The minimum atomic E-state index is -4.51. The van der Waals surface area contributed by atoms with Gasteiger partial charge in [-0.3, -0.25) is 0 Å². The van der Waals surface area contributed by atoms with Crippen LogP contribution in [0.2, 0.25) is 0 Å². The highest BCUT2D eigenvalue weighted by atomic mass is 19.4. The molecule has 9 heteroatoms. The highest BCUT2D eigenvalue weighted by Crippen LogP contribution is 2.30. The van der Waals surface area contributed by atoms with Crippen molar-refractivity contribution in [3.8, 4) is 0 Å². The molecule has 102 valence electrons. The van der Waals surface area contributed by atoms with Crippen molar-refractivity contribution in [1.29, 1.82) is 0 Å².